The molecule has 1 aliphatic carbocycles. The van der Waals surface area contributed by atoms with Crippen molar-refractivity contribution in [2.75, 3.05) is 6.61 Å². The largest absolute Gasteiger partial charge is 0.395 e. The maximum absolute atomic E-state index is 12.1. The van der Waals surface area contributed by atoms with E-state index >= 15 is 0 Å². The molecule has 1 saturated carbocycles. The maximum Gasteiger partial charge on any atom is 0.253 e. The van der Waals surface area contributed by atoms with Gasteiger partial charge in [-0.15, -0.1) is 0 Å². The number of aliphatic hydroxyl groups is 1. The van der Waals surface area contributed by atoms with Crippen LogP contribution in [0.15, 0.2) is 18.5 Å². The summed E-state index contributed by atoms with van der Waals surface area (Å²) in [6, 6.07) is 2.07. The molecule has 0 saturated heterocycles. The van der Waals surface area contributed by atoms with E-state index in [1.54, 1.807) is 18.5 Å². The topological polar surface area (TPSA) is 62.2 Å². The van der Waals surface area contributed by atoms with Crippen molar-refractivity contribution < 1.29 is 9.90 Å². The minimum atomic E-state index is -0.0769. The number of nitrogens with one attached hydrogen (secondary N) is 1. The number of carbonyl (C=O) groups is 1. The van der Waals surface area contributed by atoms with Gasteiger partial charge in [0.25, 0.3) is 5.91 Å². The Morgan fingerprint density at radius 2 is 2.40 bits per heavy atom. The molecule has 2 rings (SSSR count). The summed E-state index contributed by atoms with van der Waals surface area (Å²) in [5.41, 5.74) is 1.25. The highest BCUT2D eigenvalue weighted by molar-refractivity contribution is 5.94. The van der Waals surface area contributed by atoms with E-state index < -0.39 is 0 Å². The fraction of sp³-hybridized carbons (Fsp3) is 0.500. The molecule has 1 aromatic rings. The van der Waals surface area contributed by atoms with E-state index in [-0.39, 0.29) is 12.5 Å². The van der Waals surface area contributed by atoms with Crippen molar-refractivity contribution in [3.05, 3.63) is 29.6 Å². The molecular weight excluding hydrogens is 252 g/mol. The Morgan fingerprint density at radius 3 is 3.15 bits per heavy atom. The van der Waals surface area contributed by atoms with Crippen LogP contribution in [0.1, 0.15) is 48.5 Å². The predicted octanol–water partition coefficient (Wildman–Crippen LogP) is 1.73. The van der Waals surface area contributed by atoms with Gasteiger partial charge in [-0.2, -0.15) is 0 Å². The molecule has 1 heterocycles. The van der Waals surface area contributed by atoms with E-state index in [1.807, 2.05) is 0 Å². The number of nitrogens with zero attached hydrogens (tertiary/aromatic N) is 1. The van der Waals surface area contributed by atoms with E-state index in [1.165, 1.54) is 6.42 Å². The summed E-state index contributed by atoms with van der Waals surface area (Å²) in [6.45, 7) is 2.21. The van der Waals surface area contributed by atoms with E-state index in [0.29, 0.717) is 29.5 Å². The van der Waals surface area contributed by atoms with Gasteiger partial charge < -0.3 is 10.4 Å². The Labute approximate surface area is 119 Å². The van der Waals surface area contributed by atoms with Crippen LogP contribution in [0.25, 0.3) is 0 Å². The molecule has 2 N–H and O–H groups in total. The highest BCUT2D eigenvalue weighted by Gasteiger charge is 2.37. The molecule has 4 nitrogen and oxygen atoms in total. The first-order valence-electron chi connectivity index (χ1n) is 7.10. The number of amides is 1. The van der Waals surface area contributed by atoms with Crippen LogP contribution in [-0.2, 0) is 0 Å². The van der Waals surface area contributed by atoms with Crippen molar-refractivity contribution in [3.8, 4) is 11.8 Å². The van der Waals surface area contributed by atoms with Crippen LogP contribution in [0.3, 0.4) is 0 Å². The highest BCUT2D eigenvalue weighted by atomic mass is 16.2. The number of rotatable bonds is 5. The number of pyridine rings is 1. The average Bonchev–Trinajstić information content (AvgIpc) is 3.18. The molecule has 1 aliphatic rings. The number of aliphatic hydroxyl groups excluding tert-OH is 1. The predicted molar refractivity (Wildman–Crippen MR) is 77.1 cm³/mol. The fourth-order valence-corrected chi connectivity index (χ4v) is 2.22. The smallest absolute Gasteiger partial charge is 0.253 e. The number of hydrogen-bond donors (Lipinski definition) is 2. The fourth-order valence-electron chi connectivity index (χ4n) is 2.22. The average molecular weight is 272 g/mol. The lowest BCUT2D eigenvalue weighted by molar-refractivity contribution is 0.0948. The van der Waals surface area contributed by atoms with E-state index in [4.69, 9.17) is 5.11 Å². The SMILES string of the molecule is CCCC1CC1NC(=O)c1cncc(C#CCCO)c1. The lowest BCUT2D eigenvalue weighted by atomic mass is 10.2. The minimum absolute atomic E-state index is 0.0428. The number of carbonyl (C=O) groups excluding carboxylic acids is 1. The highest BCUT2D eigenvalue weighted by Crippen LogP contribution is 2.34. The quantitative estimate of drug-likeness (QED) is 0.802. The van der Waals surface area contributed by atoms with Crippen LogP contribution in [-0.4, -0.2) is 28.6 Å². The van der Waals surface area contributed by atoms with Crippen molar-refractivity contribution in [1.82, 2.24) is 10.3 Å². The first-order chi connectivity index (χ1) is 9.74. The molecule has 1 amide bonds. The Bertz CT molecular complexity index is 531. The second-order valence-corrected chi connectivity index (χ2v) is 5.10. The molecule has 0 spiro atoms. The summed E-state index contributed by atoms with van der Waals surface area (Å²) in [4.78, 5) is 16.1. The summed E-state index contributed by atoms with van der Waals surface area (Å²) in [7, 11) is 0. The Morgan fingerprint density at radius 1 is 1.55 bits per heavy atom. The second-order valence-electron chi connectivity index (χ2n) is 5.10. The summed E-state index contributed by atoms with van der Waals surface area (Å²) >= 11 is 0. The molecule has 20 heavy (non-hydrogen) atoms. The van der Waals surface area contributed by atoms with Gasteiger partial charge in [0.05, 0.1) is 12.2 Å². The third-order valence-electron chi connectivity index (χ3n) is 3.37. The van der Waals surface area contributed by atoms with Gasteiger partial charge in [-0.3, -0.25) is 9.78 Å². The summed E-state index contributed by atoms with van der Waals surface area (Å²) in [5.74, 6) is 6.28. The Balaban J connectivity index is 1.94. The van der Waals surface area contributed by atoms with Crippen molar-refractivity contribution in [1.29, 1.82) is 0 Å². The van der Waals surface area contributed by atoms with Crippen LogP contribution in [0.2, 0.25) is 0 Å². The van der Waals surface area contributed by atoms with Gasteiger partial charge in [-0.1, -0.05) is 25.2 Å². The zero-order valence-electron chi connectivity index (χ0n) is 11.7. The molecule has 2 unspecified atom stereocenters. The molecule has 1 fully saturated rings. The molecular formula is C16H20N2O2. The zero-order valence-corrected chi connectivity index (χ0v) is 11.7. The molecule has 0 bridgehead atoms. The molecule has 4 heteroatoms. The first kappa shape index (κ1) is 14.5. The van der Waals surface area contributed by atoms with Crippen molar-refractivity contribution >= 4 is 5.91 Å². The van der Waals surface area contributed by atoms with Crippen LogP contribution in [0.4, 0.5) is 0 Å². The van der Waals surface area contributed by atoms with Crippen molar-refractivity contribution in [2.45, 2.75) is 38.6 Å². The molecule has 1 aromatic heterocycles. The van der Waals surface area contributed by atoms with Gasteiger partial charge in [-0.25, -0.2) is 0 Å². The third-order valence-corrected chi connectivity index (χ3v) is 3.37. The summed E-state index contributed by atoms with van der Waals surface area (Å²) in [5, 5.41) is 11.7. The lowest BCUT2D eigenvalue weighted by Gasteiger charge is -2.04. The summed E-state index contributed by atoms with van der Waals surface area (Å²) < 4.78 is 0. The standard InChI is InChI=1S/C16H20N2O2/c1-2-5-13-9-15(13)18-16(20)14-8-12(10-17-11-14)6-3-4-7-19/h8,10-11,13,15,19H,2,4-5,7,9H2,1H3,(H,18,20). The minimum Gasteiger partial charge on any atom is -0.395 e. The number of hydrogen-bond acceptors (Lipinski definition) is 3. The van der Waals surface area contributed by atoms with Crippen molar-refractivity contribution in [3.63, 3.8) is 0 Å². The third kappa shape index (κ3) is 4.07. The molecule has 0 radical (unpaired) electrons. The Hall–Kier alpha value is -1.86. The zero-order chi connectivity index (χ0) is 14.4. The normalized spacial score (nSPS) is 19.9. The Kier molecular flexibility index (Phi) is 5.14. The van der Waals surface area contributed by atoms with Gasteiger partial charge >= 0.3 is 0 Å². The van der Waals surface area contributed by atoms with Crippen molar-refractivity contribution in [2.24, 2.45) is 5.92 Å². The van der Waals surface area contributed by atoms with Crippen LogP contribution in [0, 0.1) is 17.8 Å². The van der Waals surface area contributed by atoms with E-state index in [2.05, 4.69) is 29.1 Å². The van der Waals surface area contributed by atoms with Crippen LogP contribution < -0.4 is 5.32 Å². The molecule has 0 aromatic carbocycles. The molecule has 106 valence electrons. The van der Waals surface area contributed by atoms with Gasteiger partial charge in [0.1, 0.15) is 0 Å². The second kappa shape index (κ2) is 7.06. The van der Waals surface area contributed by atoms with E-state index in [0.717, 1.165) is 12.8 Å². The molecule has 2 atom stereocenters. The van der Waals surface area contributed by atoms with E-state index in [9.17, 15) is 4.79 Å². The summed E-state index contributed by atoms with van der Waals surface area (Å²) in [6.07, 6.45) is 7.03. The van der Waals surface area contributed by atoms with Gasteiger partial charge in [0, 0.05) is 30.4 Å². The maximum atomic E-state index is 12.1. The van der Waals surface area contributed by atoms with Gasteiger partial charge in [0.15, 0.2) is 0 Å². The van der Waals surface area contributed by atoms with Gasteiger partial charge in [0.2, 0.25) is 0 Å². The van der Waals surface area contributed by atoms with Crippen LogP contribution in [0.5, 0.6) is 0 Å². The van der Waals surface area contributed by atoms with Crippen LogP contribution >= 0.6 is 0 Å². The first-order valence-corrected chi connectivity index (χ1v) is 7.10. The lowest BCUT2D eigenvalue weighted by Crippen LogP contribution is -2.27. The van der Waals surface area contributed by atoms with Gasteiger partial charge in [-0.05, 0) is 24.8 Å². The monoisotopic (exact) mass is 272 g/mol. The number of aromatic nitrogens is 1. The molecule has 0 aliphatic heterocycles.